The Morgan fingerprint density at radius 2 is 1.76 bits per heavy atom. The second-order valence-corrected chi connectivity index (χ2v) is 7.62. The highest BCUT2D eigenvalue weighted by atomic mass is 19.1. The van der Waals surface area contributed by atoms with Crippen LogP contribution in [0.2, 0.25) is 0 Å². The maximum atomic E-state index is 13.2. The van der Waals surface area contributed by atoms with Crippen LogP contribution in [-0.4, -0.2) is 23.6 Å². The molecule has 0 bridgehead atoms. The van der Waals surface area contributed by atoms with Gasteiger partial charge in [-0.2, -0.15) is 0 Å². The third-order valence-electron chi connectivity index (χ3n) is 4.02. The highest BCUT2D eigenvalue weighted by Crippen LogP contribution is 2.26. The van der Waals surface area contributed by atoms with Crippen LogP contribution in [0, 0.1) is 18.7 Å². The van der Waals surface area contributed by atoms with Crippen LogP contribution in [0.25, 0.3) is 0 Å². The summed E-state index contributed by atoms with van der Waals surface area (Å²) in [7, 11) is 0. The SMILES string of the molecule is Cc1cc(F)ccc1[C@@H](C)[C@@H](C)OC(=O)[C@@H](C)CC(=O)OC(C)(C)C. The summed E-state index contributed by atoms with van der Waals surface area (Å²) in [5.74, 6) is -1.82. The fourth-order valence-corrected chi connectivity index (χ4v) is 2.52. The standard InChI is InChI=1S/C20H29FO4/c1-12-10-16(21)8-9-17(12)14(3)15(4)24-19(23)13(2)11-18(22)25-20(5,6)7/h8-10,13-15H,11H2,1-7H3/t13-,14-,15+/m0/s1. The lowest BCUT2D eigenvalue weighted by Crippen LogP contribution is -2.29. The van der Waals surface area contributed by atoms with Gasteiger partial charge in [0.15, 0.2) is 0 Å². The molecule has 0 unspecified atom stereocenters. The molecule has 140 valence electrons. The second kappa shape index (κ2) is 8.45. The third-order valence-corrected chi connectivity index (χ3v) is 4.02. The van der Waals surface area contributed by atoms with Crippen LogP contribution in [0.5, 0.6) is 0 Å². The fourth-order valence-electron chi connectivity index (χ4n) is 2.52. The van der Waals surface area contributed by atoms with Crippen molar-refractivity contribution in [3.63, 3.8) is 0 Å². The van der Waals surface area contributed by atoms with Crippen molar-refractivity contribution in [1.29, 1.82) is 0 Å². The molecule has 25 heavy (non-hydrogen) atoms. The number of rotatable bonds is 6. The van der Waals surface area contributed by atoms with Crippen molar-refractivity contribution >= 4 is 11.9 Å². The van der Waals surface area contributed by atoms with E-state index in [2.05, 4.69) is 0 Å². The van der Waals surface area contributed by atoms with Gasteiger partial charge in [-0.3, -0.25) is 9.59 Å². The van der Waals surface area contributed by atoms with Gasteiger partial charge in [-0.1, -0.05) is 19.9 Å². The normalized spacial score (nSPS) is 15.2. The molecule has 0 heterocycles. The Bertz CT molecular complexity index is 619. The molecule has 0 aliphatic rings. The molecule has 0 amide bonds. The first-order valence-corrected chi connectivity index (χ1v) is 8.59. The Morgan fingerprint density at radius 3 is 2.28 bits per heavy atom. The molecule has 0 spiro atoms. The van der Waals surface area contributed by atoms with Crippen molar-refractivity contribution in [3.8, 4) is 0 Å². The van der Waals surface area contributed by atoms with Crippen LogP contribution >= 0.6 is 0 Å². The lowest BCUT2D eigenvalue weighted by atomic mass is 9.92. The summed E-state index contributed by atoms with van der Waals surface area (Å²) in [6.45, 7) is 12.5. The number of carbonyl (C=O) groups excluding carboxylic acids is 2. The van der Waals surface area contributed by atoms with Gasteiger partial charge in [-0.05, 0) is 57.9 Å². The average Bonchev–Trinajstić information content (AvgIpc) is 2.44. The quantitative estimate of drug-likeness (QED) is 0.706. The Morgan fingerprint density at radius 1 is 1.16 bits per heavy atom. The van der Waals surface area contributed by atoms with Gasteiger partial charge in [0.1, 0.15) is 17.5 Å². The van der Waals surface area contributed by atoms with Crippen molar-refractivity contribution in [3.05, 3.63) is 35.1 Å². The minimum absolute atomic E-state index is 0.0211. The smallest absolute Gasteiger partial charge is 0.309 e. The van der Waals surface area contributed by atoms with E-state index in [9.17, 15) is 14.0 Å². The van der Waals surface area contributed by atoms with E-state index in [4.69, 9.17) is 9.47 Å². The molecule has 0 aromatic heterocycles. The molecular formula is C20H29FO4. The number of hydrogen-bond acceptors (Lipinski definition) is 4. The van der Waals surface area contributed by atoms with Gasteiger partial charge in [0.2, 0.25) is 0 Å². The molecule has 5 heteroatoms. The number of halogens is 1. The number of benzene rings is 1. The van der Waals surface area contributed by atoms with E-state index in [0.717, 1.165) is 11.1 Å². The highest BCUT2D eigenvalue weighted by molar-refractivity contribution is 5.79. The van der Waals surface area contributed by atoms with Crippen molar-refractivity contribution in [2.45, 2.75) is 72.5 Å². The van der Waals surface area contributed by atoms with Gasteiger partial charge in [-0.15, -0.1) is 0 Å². The zero-order valence-electron chi connectivity index (χ0n) is 16.2. The number of esters is 2. The molecule has 1 rings (SSSR count). The summed E-state index contributed by atoms with van der Waals surface area (Å²) in [5, 5.41) is 0. The maximum absolute atomic E-state index is 13.2. The highest BCUT2D eigenvalue weighted by Gasteiger charge is 2.26. The molecule has 1 aromatic rings. The first-order chi connectivity index (χ1) is 11.4. The lowest BCUT2D eigenvalue weighted by Gasteiger charge is -2.24. The number of aryl methyl sites for hydroxylation is 1. The van der Waals surface area contributed by atoms with Crippen LogP contribution in [0.3, 0.4) is 0 Å². The van der Waals surface area contributed by atoms with Crippen LogP contribution in [0.4, 0.5) is 4.39 Å². The van der Waals surface area contributed by atoms with E-state index in [0.29, 0.717) is 0 Å². The minimum atomic E-state index is -0.584. The summed E-state index contributed by atoms with van der Waals surface area (Å²) in [6, 6.07) is 4.58. The molecule has 3 atom stereocenters. The van der Waals surface area contributed by atoms with Gasteiger partial charge < -0.3 is 9.47 Å². The predicted octanol–water partition coefficient (Wildman–Crippen LogP) is 4.54. The molecule has 0 saturated carbocycles. The lowest BCUT2D eigenvalue weighted by molar-refractivity contribution is -0.163. The van der Waals surface area contributed by atoms with E-state index < -0.39 is 29.6 Å². The van der Waals surface area contributed by atoms with E-state index in [1.165, 1.54) is 12.1 Å². The summed E-state index contributed by atoms with van der Waals surface area (Å²) >= 11 is 0. The summed E-state index contributed by atoms with van der Waals surface area (Å²) in [4.78, 5) is 24.1. The molecule has 0 fully saturated rings. The van der Waals surface area contributed by atoms with Gasteiger partial charge in [0.05, 0.1) is 12.3 Å². The molecule has 4 nitrogen and oxygen atoms in total. The molecule has 0 aliphatic heterocycles. The Hall–Kier alpha value is -1.91. The summed E-state index contributed by atoms with van der Waals surface area (Å²) in [6.07, 6.45) is -0.412. The topological polar surface area (TPSA) is 52.6 Å². The zero-order chi connectivity index (χ0) is 19.4. The average molecular weight is 352 g/mol. The predicted molar refractivity (Wildman–Crippen MR) is 94.7 cm³/mol. The van der Waals surface area contributed by atoms with Crippen LogP contribution in [0.15, 0.2) is 18.2 Å². The molecule has 1 aromatic carbocycles. The van der Waals surface area contributed by atoms with Gasteiger partial charge in [-0.25, -0.2) is 4.39 Å². The van der Waals surface area contributed by atoms with E-state index in [1.807, 2.05) is 13.8 Å². The zero-order valence-corrected chi connectivity index (χ0v) is 16.2. The molecular weight excluding hydrogens is 323 g/mol. The van der Waals surface area contributed by atoms with Crippen molar-refractivity contribution in [1.82, 2.24) is 0 Å². The van der Waals surface area contributed by atoms with Gasteiger partial charge in [0.25, 0.3) is 0 Å². The Balaban J connectivity index is 2.64. The summed E-state index contributed by atoms with van der Waals surface area (Å²) in [5.41, 5.74) is 1.17. The van der Waals surface area contributed by atoms with E-state index >= 15 is 0 Å². The second-order valence-electron chi connectivity index (χ2n) is 7.62. The number of carbonyl (C=O) groups is 2. The largest absolute Gasteiger partial charge is 0.462 e. The molecule has 0 aliphatic carbocycles. The van der Waals surface area contributed by atoms with Crippen molar-refractivity contribution in [2.75, 3.05) is 0 Å². The van der Waals surface area contributed by atoms with Crippen LogP contribution < -0.4 is 0 Å². The van der Waals surface area contributed by atoms with E-state index in [1.54, 1.807) is 40.7 Å². The first-order valence-electron chi connectivity index (χ1n) is 8.59. The Labute approximate surface area is 149 Å². The molecule has 0 radical (unpaired) electrons. The van der Waals surface area contributed by atoms with Gasteiger partial charge in [0, 0.05) is 5.92 Å². The number of ether oxygens (including phenoxy) is 2. The van der Waals surface area contributed by atoms with Crippen molar-refractivity contribution < 1.29 is 23.5 Å². The van der Waals surface area contributed by atoms with E-state index in [-0.39, 0.29) is 18.2 Å². The van der Waals surface area contributed by atoms with Crippen LogP contribution in [0.1, 0.15) is 65.0 Å². The minimum Gasteiger partial charge on any atom is -0.462 e. The monoisotopic (exact) mass is 352 g/mol. The fraction of sp³-hybridized carbons (Fsp3) is 0.600. The van der Waals surface area contributed by atoms with Crippen molar-refractivity contribution in [2.24, 2.45) is 5.92 Å². The van der Waals surface area contributed by atoms with Gasteiger partial charge >= 0.3 is 11.9 Å². The third kappa shape index (κ3) is 6.85. The number of hydrogen-bond donors (Lipinski definition) is 0. The first kappa shape index (κ1) is 21.1. The molecule has 0 saturated heterocycles. The maximum Gasteiger partial charge on any atom is 0.309 e. The van der Waals surface area contributed by atoms with Crippen LogP contribution in [-0.2, 0) is 19.1 Å². The summed E-state index contributed by atoms with van der Waals surface area (Å²) < 4.78 is 24.0. The molecule has 0 N–H and O–H groups in total. The Kier molecular flexibility index (Phi) is 7.15.